The first kappa shape index (κ1) is 22.2. The quantitative estimate of drug-likeness (QED) is 0.617. The fourth-order valence-electron chi connectivity index (χ4n) is 5.03. The smallest absolute Gasteiger partial charge is 0.228 e. The number of fused-ring (bicyclic) bond motifs is 1. The third kappa shape index (κ3) is 4.11. The average molecular weight is 487 g/mol. The van der Waals surface area contributed by atoms with Crippen molar-refractivity contribution in [3.8, 4) is 5.75 Å². The molecule has 0 bridgehead atoms. The zero-order chi connectivity index (χ0) is 23.3. The number of ether oxygens (including phenoxy) is 1. The van der Waals surface area contributed by atoms with Crippen LogP contribution in [0.25, 0.3) is 0 Å². The topological polar surface area (TPSA) is 66.9 Å². The van der Waals surface area contributed by atoms with Crippen molar-refractivity contribution in [2.45, 2.75) is 38.2 Å². The van der Waals surface area contributed by atoms with E-state index in [2.05, 4.69) is 0 Å². The molecule has 3 aliphatic rings. The minimum atomic E-state index is -0.595. The van der Waals surface area contributed by atoms with Crippen LogP contribution in [0, 0.1) is 12.8 Å². The molecule has 0 radical (unpaired) electrons. The first-order valence-corrected chi connectivity index (χ1v) is 11.9. The molecule has 2 aromatic carbocycles. The molecule has 5 rings (SSSR count). The van der Waals surface area contributed by atoms with E-state index in [9.17, 15) is 14.4 Å². The number of hydrogen-bond donors (Lipinski definition) is 0. The van der Waals surface area contributed by atoms with Crippen molar-refractivity contribution in [3.63, 3.8) is 0 Å². The second-order valence-electron chi connectivity index (χ2n) is 9.19. The Kier molecular flexibility index (Phi) is 5.61. The highest BCUT2D eigenvalue weighted by Gasteiger charge is 2.45. The van der Waals surface area contributed by atoms with E-state index in [1.165, 1.54) is 0 Å². The summed E-state index contributed by atoms with van der Waals surface area (Å²) in [5.41, 5.74) is 1.55. The summed E-state index contributed by atoms with van der Waals surface area (Å²) in [6.45, 7) is 3.25. The molecule has 8 heteroatoms. The standard InChI is InChI=1S/C25H24Cl2N2O4/c1-15-10-22-19(12-20(15)27)21(30)13-25(33-22)6-8-28(9-7-25)24(32)16-11-23(31)29(14-16)18-4-2-17(26)3-5-18/h2-5,10,12,16H,6-9,11,13-14H2,1H3. The fraction of sp³-hybridized carbons (Fsp3) is 0.400. The highest BCUT2D eigenvalue weighted by molar-refractivity contribution is 6.32. The Morgan fingerprint density at radius 2 is 1.79 bits per heavy atom. The predicted octanol–water partition coefficient (Wildman–Crippen LogP) is 4.68. The second-order valence-corrected chi connectivity index (χ2v) is 10.0. The zero-order valence-corrected chi connectivity index (χ0v) is 19.8. The van der Waals surface area contributed by atoms with Gasteiger partial charge in [0.25, 0.3) is 0 Å². The lowest BCUT2D eigenvalue weighted by Crippen LogP contribution is -2.53. The van der Waals surface area contributed by atoms with Gasteiger partial charge in [-0.25, -0.2) is 0 Å². The molecule has 6 nitrogen and oxygen atoms in total. The number of halogens is 2. The zero-order valence-electron chi connectivity index (χ0n) is 18.3. The number of hydrogen-bond acceptors (Lipinski definition) is 4. The largest absolute Gasteiger partial charge is 0.486 e. The maximum absolute atomic E-state index is 13.2. The molecule has 1 atom stereocenters. The number of carbonyl (C=O) groups excluding carboxylic acids is 3. The summed E-state index contributed by atoms with van der Waals surface area (Å²) in [4.78, 5) is 42.0. The van der Waals surface area contributed by atoms with Gasteiger partial charge in [0.2, 0.25) is 11.8 Å². The molecule has 3 heterocycles. The average Bonchev–Trinajstić information content (AvgIpc) is 3.17. The maximum atomic E-state index is 13.2. The molecule has 2 aromatic rings. The Morgan fingerprint density at radius 3 is 2.48 bits per heavy atom. The SMILES string of the molecule is Cc1cc2c(cc1Cl)C(=O)CC1(CCN(C(=O)C3CC(=O)N(c4ccc(Cl)cc4)C3)CC1)O2. The van der Waals surface area contributed by atoms with Crippen LogP contribution < -0.4 is 9.64 Å². The Morgan fingerprint density at radius 1 is 1.09 bits per heavy atom. The molecule has 172 valence electrons. The van der Waals surface area contributed by atoms with Gasteiger partial charge in [0.05, 0.1) is 17.9 Å². The van der Waals surface area contributed by atoms with E-state index in [4.69, 9.17) is 27.9 Å². The molecule has 33 heavy (non-hydrogen) atoms. The van der Waals surface area contributed by atoms with Crippen LogP contribution in [0.2, 0.25) is 10.0 Å². The number of Topliss-reactive ketones (excluding diaryl/α,β-unsaturated/α-hetero) is 1. The van der Waals surface area contributed by atoms with E-state index >= 15 is 0 Å². The van der Waals surface area contributed by atoms with E-state index in [1.807, 2.05) is 17.9 Å². The van der Waals surface area contributed by atoms with Gasteiger partial charge in [-0.15, -0.1) is 0 Å². The summed E-state index contributed by atoms with van der Waals surface area (Å²) in [6, 6.07) is 10.6. The van der Waals surface area contributed by atoms with Gasteiger partial charge >= 0.3 is 0 Å². The normalized spacial score (nSPS) is 21.8. The van der Waals surface area contributed by atoms with Crippen LogP contribution in [-0.4, -0.2) is 47.7 Å². The molecule has 3 aliphatic heterocycles. The molecule has 2 fully saturated rings. The molecule has 0 aromatic heterocycles. The van der Waals surface area contributed by atoms with E-state index in [-0.39, 0.29) is 36.4 Å². The number of likely N-dealkylation sites (tertiary alicyclic amines) is 1. The van der Waals surface area contributed by atoms with Crippen molar-refractivity contribution < 1.29 is 19.1 Å². The van der Waals surface area contributed by atoms with Gasteiger partial charge in [0.15, 0.2) is 5.78 Å². The van der Waals surface area contributed by atoms with Gasteiger partial charge in [0, 0.05) is 54.6 Å². The molecule has 2 saturated heterocycles. The third-order valence-electron chi connectivity index (χ3n) is 6.97. The van der Waals surface area contributed by atoms with Gasteiger partial charge in [-0.05, 0) is 48.9 Å². The number of piperidine rings is 1. The number of amides is 2. The van der Waals surface area contributed by atoms with Crippen LogP contribution in [0.1, 0.15) is 41.6 Å². The summed E-state index contributed by atoms with van der Waals surface area (Å²) in [7, 11) is 0. The Labute approximate surface area is 202 Å². The number of rotatable bonds is 2. The first-order valence-electron chi connectivity index (χ1n) is 11.1. The van der Waals surface area contributed by atoms with E-state index in [0.29, 0.717) is 53.8 Å². The molecular formula is C25H24Cl2N2O4. The third-order valence-corrected chi connectivity index (χ3v) is 7.63. The number of benzene rings is 2. The molecule has 1 unspecified atom stereocenters. The lowest BCUT2D eigenvalue weighted by molar-refractivity contribution is -0.139. The fourth-order valence-corrected chi connectivity index (χ4v) is 5.32. The van der Waals surface area contributed by atoms with Gasteiger partial charge in [-0.3, -0.25) is 14.4 Å². The maximum Gasteiger partial charge on any atom is 0.228 e. The lowest BCUT2D eigenvalue weighted by atomic mass is 9.82. The summed E-state index contributed by atoms with van der Waals surface area (Å²) < 4.78 is 6.33. The number of aryl methyl sites for hydroxylation is 1. The Hall–Kier alpha value is -2.57. The molecule has 0 saturated carbocycles. The van der Waals surface area contributed by atoms with Crippen molar-refractivity contribution in [2.75, 3.05) is 24.5 Å². The van der Waals surface area contributed by atoms with Crippen molar-refractivity contribution >= 4 is 46.5 Å². The van der Waals surface area contributed by atoms with Crippen LogP contribution in [0.4, 0.5) is 5.69 Å². The van der Waals surface area contributed by atoms with Crippen molar-refractivity contribution in [1.29, 1.82) is 0 Å². The second kappa shape index (κ2) is 8.33. The van der Waals surface area contributed by atoms with E-state index in [0.717, 1.165) is 11.3 Å². The highest BCUT2D eigenvalue weighted by atomic mass is 35.5. The highest BCUT2D eigenvalue weighted by Crippen LogP contribution is 2.41. The monoisotopic (exact) mass is 486 g/mol. The van der Waals surface area contributed by atoms with Gasteiger partial charge < -0.3 is 14.5 Å². The van der Waals surface area contributed by atoms with Crippen LogP contribution in [0.15, 0.2) is 36.4 Å². The van der Waals surface area contributed by atoms with Crippen LogP contribution >= 0.6 is 23.2 Å². The number of ketones is 1. The van der Waals surface area contributed by atoms with E-state index < -0.39 is 5.60 Å². The molecule has 1 spiro atoms. The Bertz CT molecular complexity index is 1140. The first-order chi connectivity index (χ1) is 15.7. The van der Waals surface area contributed by atoms with Crippen LogP contribution in [0.5, 0.6) is 5.75 Å². The summed E-state index contributed by atoms with van der Waals surface area (Å²) in [5, 5.41) is 1.16. The number of anilines is 1. The number of carbonyl (C=O) groups is 3. The van der Waals surface area contributed by atoms with Crippen molar-refractivity contribution in [1.82, 2.24) is 4.90 Å². The molecule has 0 aliphatic carbocycles. The van der Waals surface area contributed by atoms with Crippen LogP contribution in [0.3, 0.4) is 0 Å². The Balaban J connectivity index is 1.24. The van der Waals surface area contributed by atoms with Crippen molar-refractivity contribution in [3.05, 3.63) is 57.6 Å². The van der Waals surface area contributed by atoms with E-state index in [1.54, 1.807) is 35.2 Å². The lowest BCUT2D eigenvalue weighted by Gasteiger charge is -2.44. The summed E-state index contributed by atoms with van der Waals surface area (Å²) in [5.74, 6) is 0.156. The number of nitrogens with zero attached hydrogens (tertiary/aromatic N) is 2. The summed E-state index contributed by atoms with van der Waals surface area (Å²) >= 11 is 12.1. The molecular weight excluding hydrogens is 463 g/mol. The van der Waals surface area contributed by atoms with Crippen molar-refractivity contribution in [2.24, 2.45) is 5.92 Å². The predicted molar refractivity (Wildman–Crippen MR) is 126 cm³/mol. The van der Waals surface area contributed by atoms with Gasteiger partial charge in [-0.2, -0.15) is 0 Å². The van der Waals surface area contributed by atoms with Gasteiger partial charge in [0.1, 0.15) is 11.4 Å². The van der Waals surface area contributed by atoms with Crippen LogP contribution in [-0.2, 0) is 9.59 Å². The minimum Gasteiger partial charge on any atom is -0.486 e. The molecule has 0 N–H and O–H groups in total. The van der Waals surface area contributed by atoms with Gasteiger partial charge in [-0.1, -0.05) is 23.2 Å². The minimum absolute atomic E-state index is 0.0141. The molecule has 2 amide bonds. The summed E-state index contributed by atoms with van der Waals surface area (Å²) in [6.07, 6.45) is 1.64.